The first-order valence-corrected chi connectivity index (χ1v) is 4.12. The van der Waals surface area contributed by atoms with Crippen LogP contribution in [0.4, 0.5) is 13.2 Å². The maximum Gasteiger partial charge on any atom is 0.416 e. The zero-order chi connectivity index (χ0) is 11.6. The topological polar surface area (TPSA) is 44.0 Å². The highest BCUT2D eigenvalue weighted by Gasteiger charge is 2.34. The third-order valence-electron chi connectivity index (χ3n) is 2.10. The average molecular weight is 215 g/mol. The first kappa shape index (κ1) is 11.5. The molecule has 0 aliphatic rings. The molecule has 0 spiro atoms. The van der Waals surface area contributed by atoms with E-state index in [0.717, 1.165) is 6.07 Å². The number of aliphatic hydroxyl groups is 1. The molecule has 0 unspecified atom stereocenters. The fraction of sp³-hybridized carbons (Fsp3) is 0.300. The van der Waals surface area contributed by atoms with Gasteiger partial charge in [-0.2, -0.15) is 18.4 Å². The van der Waals surface area contributed by atoms with E-state index in [4.69, 9.17) is 10.4 Å². The molecule has 0 saturated carbocycles. The van der Waals surface area contributed by atoms with Crippen LogP contribution in [0.5, 0.6) is 0 Å². The van der Waals surface area contributed by atoms with Crippen molar-refractivity contribution in [2.45, 2.75) is 19.7 Å². The zero-order valence-corrected chi connectivity index (χ0v) is 7.89. The fourth-order valence-corrected chi connectivity index (χ4v) is 1.35. The fourth-order valence-electron chi connectivity index (χ4n) is 1.35. The van der Waals surface area contributed by atoms with Gasteiger partial charge in [-0.1, -0.05) is 6.07 Å². The van der Waals surface area contributed by atoms with Gasteiger partial charge in [0.15, 0.2) is 0 Å². The second-order valence-electron chi connectivity index (χ2n) is 3.05. The summed E-state index contributed by atoms with van der Waals surface area (Å²) in [6, 6.07) is 3.77. The zero-order valence-electron chi connectivity index (χ0n) is 7.89. The van der Waals surface area contributed by atoms with Gasteiger partial charge in [-0.05, 0) is 18.6 Å². The van der Waals surface area contributed by atoms with Gasteiger partial charge in [0.25, 0.3) is 0 Å². The summed E-state index contributed by atoms with van der Waals surface area (Å²) < 4.78 is 37.4. The normalized spacial score (nSPS) is 11.2. The Kier molecular flexibility index (Phi) is 3.01. The van der Waals surface area contributed by atoms with E-state index in [0.29, 0.717) is 5.56 Å². The van der Waals surface area contributed by atoms with E-state index in [-0.39, 0.29) is 11.1 Å². The molecule has 0 atom stereocenters. The molecular formula is C10H8F3NO. The van der Waals surface area contributed by atoms with E-state index in [9.17, 15) is 13.2 Å². The van der Waals surface area contributed by atoms with Crippen molar-refractivity contribution in [2.24, 2.45) is 0 Å². The van der Waals surface area contributed by atoms with Crippen LogP contribution in [-0.4, -0.2) is 5.11 Å². The van der Waals surface area contributed by atoms with Gasteiger partial charge in [-0.15, -0.1) is 0 Å². The van der Waals surface area contributed by atoms with E-state index in [2.05, 4.69) is 0 Å². The van der Waals surface area contributed by atoms with Gasteiger partial charge in [0, 0.05) is 5.56 Å². The molecule has 1 rings (SSSR count). The van der Waals surface area contributed by atoms with Crippen molar-refractivity contribution in [3.05, 3.63) is 34.4 Å². The quantitative estimate of drug-likeness (QED) is 0.781. The van der Waals surface area contributed by atoms with Crippen LogP contribution in [-0.2, 0) is 12.8 Å². The molecule has 0 aliphatic heterocycles. The van der Waals surface area contributed by atoms with Crippen LogP contribution in [0.3, 0.4) is 0 Å². The van der Waals surface area contributed by atoms with Gasteiger partial charge in [0.2, 0.25) is 0 Å². The van der Waals surface area contributed by atoms with Gasteiger partial charge < -0.3 is 5.11 Å². The third-order valence-corrected chi connectivity index (χ3v) is 2.10. The summed E-state index contributed by atoms with van der Waals surface area (Å²) >= 11 is 0. The standard InChI is InChI=1S/C10H8F3NO/c1-6-2-3-9(10(11,12)13)8(5-15)7(6)4-14/h2-3,15H,5H2,1H3. The molecule has 1 N–H and O–H groups in total. The molecule has 2 nitrogen and oxygen atoms in total. The minimum atomic E-state index is -4.54. The highest BCUT2D eigenvalue weighted by molar-refractivity contribution is 5.48. The molecule has 0 aliphatic carbocycles. The second-order valence-corrected chi connectivity index (χ2v) is 3.05. The van der Waals surface area contributed by atoms with Crippen LogP contribution in [0.1, 0.15) is 22.3 Å². The Morgan fingerprint density at radius 1 is 1.40 bits per heavy atom. The van der Waals surface area contributed by atoms with Crippen molar-refractivity contribution in [3.8, 4) is 6.07 Å². The van der Waals surface area contributed by atoms with E-state index in [1.54, 1.807) is 6.07 Å². The predicted octanol–water partition coefficient (Wildman–Crippen LogP) is 2.38. The number of alkyl halides is 3. The molecule has 1 aromatic rings. The molecule has 0 fully saturated rings. The summed E-state index contributed by atoms with van der Waals surface area (Å²) in [5, 5.41) is 17.6. The lowest BCUT2D eigenvalue weighted by Gasteiger charge is -2.13. The molecule has 0 aromatic heterocycles. The summed E-state index contributed by atoms with van der Waals surface area (Å²) in [4.78, 5) is 0. The van der Waals surface area contributed by atoms with Gasteiger partial charge in [-0.3, -0.25) is 0 Å². The Morgan fingerprint density at radius 2 is 2.00 bits per heavy atom. The van der Waals surface area contributed by atoms with Gasteiger partial charge in [0.1, 0.15) is 0 Å². The number of nitriles is 1. The monoisotopic (exact) mass is 215 g/mol. The number of benzene rings is 1. The van der Waals surface area contributed by atoms with Gasteiger partial charge >= 0.3 is 6.18 Å². The smallest absolute Gasteiger partial charge is 0.392 e. The number of aryl methyl sites for hydroxylation is 1. The molecule has 0 saturated heterocycles. The average Bonchev–Trinajstić information content (AvgIpc) is 2.15. The first-order valence-electron chi connectivity index (χ1n) is 4.12. The number of nitrogens with zero attached hydrogens (tertiary/aromatic N) is 1. The van der Waals surface area contributed by atoms with Crippen molar-refractivity contribution < 1.29 is 18.3 Å². The minimum absolute atomic E-state index is 0.104. The van der Waals surface area contributed by atoms with Crippen molar-refractivity contribution >= 4 is 0 Å². The van der Waals surface area contributed by atoms with E-state index in [1.165, 1.54) is 13.0 Å². The van der Waals surface area contributed by atoms with E-state index < -0.39 is 18.3 Å². The lowest BCUT2D eigenvalue weighted by atomic mass is 9.97. The Labute approximate surface area is 84.6 Å². The second kappa shape index (κ2) is 3.91. The van der Waals surface area contributed by atoms with Gasteiger partial charge in [-0.25, -0.2) is 0 Å². The first-order chi connectivity index (χ1) is 6.91. The maximum atomic E-state index is 12.5. The van der Waals surface area contributed by atoms with Crippen LogP contribution in [0.15, 0.2) is 12.1 Å². The minimum Gasteiger partial charge on any atom is -0.392 e. The number of aliphatic hydroxyl groups excluding tert-OH is 1. The maximum absolute atomic E-state index is 12.5. The Morgan fingerprint density at radius 3 is 2.40 bits per heavy atom. The lowest BCUT2D eigenvalue weighted by molar-refractivity contribution is -0.138. The van der Waals surface area contributed by atoms with Crippen molar-refractivity contribution in [1.82, 2.24) is 0 Å². The summed E-state index contributed by atoms with van der Waals surface area (Å²) in [6.07, 6.45) is -4.54. The number of hydrogen-bond donors (Lipinski definition) is 1. The van der Waals surface area contributed by atoms with Crippen LogP contribution < -0.4 is 0 Å². The Balaban J connectivity index is 3.51. The SMILES string of the molecule is Cc1ccc(C(F)(F)F)c(CO)c1C#N. The van der Waals surface area contributed by atoms with Crippen molar-refractivity contribution in [3.63, 3.8) is 0 Å². The molecule has 5 heteroatoms. The van der Waals surface area contributed by atoms with Crippen molar-refractivity contribution in [2.75, 3.05) is 0 Å². The van der Waals surface area contributed by atoms with Crippen LogP contribution in [0.2, 0.25) is 0 Å². The van der Waals surface area contributed by atoms with Gasteiger partial charge in [0.05, 0.1) is 23.8 Å². The molecule has 0 radical (unpaired) electrons. The molecule has 0 bridgehead atoms. The molecule has 0 amide bonds. The largest absolute Gasteiger partial charge is 0.416 e. The summed E-state index contributed by atoms with van der Waals surface area (Å²) in [7, 11) is 0. The summed E-state index contributed by atoms with van der Waals surface area (Å²) in [6.45, 7) is 0.733. The number of rotatable bonds is 1. The highest BCUT2D eigenvalue weighted by atomic mass is 19.4. The van der Waals surface area contributed by atoms with Crippen molar-refractivity contribution in [1.29, 1.82) is 5.26 Å². The number of hydrogen-bond acceptors (Lipinski definition) is 2. The van der Waals surface area contributed by atoms with Crippen LogP contribution in [0.25, 0.3) is 0 Å². The Hall–Kier alpha value is -1.54. The lowest BCUT2D eigenvalue weighted by Crippen LogP contribution is -2.11. The third kappa shape index (κ3) is 2.10. The molecule has 1 aromatic carbocycles. The predicted molar refractivity (Wildman–Crippen MR) is 46.8 cm³/mol. The molecule has 15 heavy (non-hydrogen) atoms. The molecule has 80 valence electrons. The Bertz CT molecular complexity index is 418. The van der Waals surface area contributed by atoms with Crippen LogP contribution >= 0.6 is 0 Å². The molecular weight excluding hydrogens is 207 g/mol. The highest BCUT2D eigenvalue weighted by Crippen LogP contribution is 2.34. The number of halogens is 3. The van der Waals surface area contributed by atoms with E-state index >= 15 is 0 Å². The van der Waals surface area contributed by atoms with Crippen LogP contribution in [0, 0.1) is 18.3 Å². The molecule has 0 heterocycles. The summed E-state index contributed by atoms with van der Waals surface area (Å²) in [5.74, 6) is 0. The van der Waals surface area contributed by atoms with E-state index in [1.807, 2.05) is 0 Å². The summed E-state index contributed by atoms with van der Waals surface area (Å²) in [5.41, 5.74) is -0.987.